The van der Waals surface area contributed by atoms with Gasteiger partial charge in [-0.1, -0.05) is 34.8 Å². The lowest BCUT2D eigenvalue weighted by Gasteiger charge is -2.39. The first-order valence-corrected chi connectivity index (χ1v) is 11.0. The molecular formula is C20H26Cl3N3O3. The van der Waals surface area contributed by atoms with E-state index in [1.54, 1.807) is 6.07 Å². The van der Waals surface area contributed by atoms with Crippen LogP contribution in [-0.2, 0) is 14.3 Å². The highest BCUT2D eigenvalue weighted by Gasteiger charge is 2.32. The van der Waals surface area contributed by atoms with Crippen molar-refractivity contribution in [1.82, 2.24) is 9.80 Å². The third-order valence-corrected chi connectivity index (χ3v) is 6.35. The number of hydrogen-bond donors (Lipinski definition) is 1. The molecule has 1 aromatic carbocycles. The molecule has 2 aliphatic heterocycles. The molecule has 3 rings (SSSR count). The van der Waals surface area contributed by atoms with Crippen LogP contribution in [0.15, 0.2) is 12.1 Å². The highest BCUT2D eigenvalue weighted by atomic mass is 35.5. The van der Waals surface area contributed by atoms with E-state index in [2.05, 4.69) is 10.2 Å². The summed E-state index contributed by atoms with van der Waals surface area (Å²) >= 11 is 18.0. The summed E-state index contributed by atoms with van der Waals surface area (Å²) in [6.07, 6.45) is 1.64. The van der Waals surface area contributed by atoms with E-state index in [4.69, 9.17) is 39.5 Å². The molecule has 0 saturated carbocycles. The number of benzene rings is 1. The Bertz CT molecular complexity index is 759. The van der Waals surface area contributed by atoms with Crippen LogP contribution in [0.1, 0.15) is 26.7 Å². The zero-order chi connectivity index (χ0) is 21.1. The molecule has 0 aliphatic carbocycles. The van der Waals surface area contributed by atoms with Gasteiger partial charge in [-0.25, -0.2) is 0 Å². The molecule has 0 bridgehead atoms. The van der Waals surface area contributed by atoms with Crippen molar-refractivity contribution in [3.8, 4) is 0 Å². The fourth-order valence-electron chi connectivity index (χ4n) is 3.97. The summed E-state index contributed by atoms with van der Waals surface area (Å²) in [5, 5.41) is 3.78. The number of anilines is 1. The minimum absolute atomic E-state index is 0.0105. The molecule has 9 heteroatoms. The van der Waals surface area contributed by atoms with Crippen molar-refractivity contribution >= 4 is 52.3 Å². The maximum Gasteiger partial charge on any atom is 0.238 e. The Morgan fingerprint density at radius 1 is 1.03 bits per heavy atom. The van der Waals surface area contributed by atoms with Crippen LogP contribution < -0.4 is 5.32 Å². The Kier molecular flexibility index (Phi) is 7.68. The van der Waals surface area contributed by atoms with Crippen molar-refractivity contribution in [3.63, 3.8) is 0 Å². The minimum atomic E-state index is -0.175. The van der Waals surface area contributed by atoms with Crippen LogP contribution in [-0.4, -0.2) is 66.5 Å². The summed E-state index contributed by atoms with van der Waals surface area (Å²) in [5.74, 6) is 0.0425. The van der Waals surface area contributed by atoms with Gasteiger partial charge in [0.1, 0.15) is 0 Å². The highest BCUT2D eigenvalue weighted by molar-refractivity contribution is 6.44. The van der Waals surface area contributed by atoms with Gasteiger partial charge in [-0.2, -0.15) is 0 Å². The van der Waals surface area contributed by atoms with E-state index in [9.17, 15) is 9.59 Å². The minimum Gasteiger partial charge on any atom is -0.372 e. The summed E-state index contributed by atoms with van der Waals surface area (Å²) in [6, 6.07) is 3.05. The van der Waals surface area contributed by atoms with Crippen molar-refractivity contribution in [2.24, 2.45) is 5.92 Å². The van der Waals surface area contributed by atoms with Crippen molar-refractivity contribution in [3.05, 3.63) is 27.2 Å². The van der Waals surface area contributed by atoms with Crippen LogP contribution in [0.3, 0.4) is 0 Å². The number of morpholine rings is 1. The second kappa shape index (κ2) is 9.84. The third-order valence-electron chi connectivity index (χ3n) is 5.32. The van der Waals surface area contributed by atoms with Crippen LogP contribution in [0.25, 0.3) is 0 Å². The zero-order valence-corrected chi connectivity index (χ0v) is 18.9. The Labute approximate surface area is 186 Å². The molecule has 0 spiro atoms. The third kappa shape index (κ3) is 5.98. The van der Waals surface area contributed by atoms with E-state index in [0.29, 0.717) is 46.9 Å². The molecule has 2 fully saturated rings. The predicted molar refractivity (Wildman–Crippen MR) is 116 cm³/mol. The maximum absolute atomic E-state index is 12.8. The molecule has 160 valence electrons. The summed E-state index contributed by atoms with van der Waals surface area (Å²) in [4.78, 5) is 29.2. The quantitative estimate of drug-likeness (QED) is 0.689. The molecule has 0 aromatic heterocycles. The predicted octanol–water partition coefficient (Wildman–Crippen LogP) is 3.93. The maximum atomic E-state index is 12.8. The molecule has 29 heavy (non-hydrogen) atoms. The van der Waals surface area contributed by atoms with Gasteiger partial charge >= 0.3 is 0 Å². The normalized spacial score (nSPS) is 23.8. The monoisotopic (exact) mass is 461 g/mol. The average molecular weight is 463 g/mol. The first-order valence-electron chi connectivity index (χ1n) is 9.84. The largest absolute Gasteiger partial charge is 0.372 e. The van der Waals surface area contributed by atoms with E-state index in [-0.39, 0.29) is 36.5 Å². The molecule has 2 unspecified atom stereocenters. The van der Waals surface area contributed by atoms with E-state index in [1.807, 2.05) is 18.7 Å². The molecule has 2 amide bonds. The van der Waals surface area contributed by atoms with Crippen LogP contribution >= 0.6 is 34.8 Å². The lowest BCUT2D eigenvalue weighted by molar-refractivity contribution is -0.148. The number of rotatable bonds is 4. The Balaban J connectivity index is 1.48. The molecule has 6 nitrogen and oxygen atoms in total. The number of piperidine rings is 1. The summed E-state index contributed by atoms with van der Waals surface area (Å²) in [6.45, 7) is 6.94. The number of carbonyl (C=O) groups excluding carboxylic acids is 2. The van der Waals surface area contributed by atoms with Gasteiger partial charge in [0.2, 0.25) is 11.8 Å². The van der Waals surface area contributed by atoms with Gasteiger partial charge in [0.15, 0.2) is 0 Å². The van der Waals surface area contributed by atoms with Crippen LogP contribution in [0.5, 0.6) is 0 Å². The number of likely N-dealkylation sites (tertiary alicyclic amines) is 1. The second-order valence-corrected chi connectivity index (χ2v) is 9.07. The van der Waals surface area contributed by atoms with Gasteiger partial charge < -0.3 is 15.0 Å². The molecule has 2 saturated heterocycles. The second-order valence-electron chi connectivity index (χ2n) is 7.85. The van der Waals surface area contributed by atoms with Gasteiger partial charge in [0.25, 0.3) is 0 Å². The molecule has 2 atom stereocenters. The number of carbonyl (C=O) groups is 2. The Morgan fingerprint density at radius 2 is 1.62 bits per heavy atom. The van der Waals surface area contributed by atoms with Crippen molar-refractivity contribution in [1.29, 1.82) is 0 Å². The number of nitrogens with one attached hydrogen (secondary N) is 1. The lowest BCUT2D eigenvalue weighted by atomic mass is 9.94. The topological polar surface area (TPSA) is 61.9 Å². The first-order chi connectivity index (χ1) is 13.7. The first kappa shape index (κ1) is 22.6. The standard InChI is InChI=1S/C20H26Cl3N3O3/c1-12-9-26(10-13(2)29-12)20(28)14-3-5-25(6-4-14)11-19(27)24-18-8-16(22)15(21)7-17(18)23/h7-8,12-14H,3-6,9-11H2,1-2H3,(H,24,27). The summed E-state index contributed by atoms with van der Waals surface area (Å²) < 4.78 is 5.71. The van der Waals surface area contributed by atoms with Crippen molar-refractivity contribution in [2.75, 3.05) is 38.0 Å². The molecule has 1 aromatic rings. The Morgan fingerprint density at radius 3 is 2.24 bits per heavy atom. The van der Waals surface area contributed by atoms with Crippen LogP contribution in [0, 0.1) is 5.92 Å². The number of amides is 2. The van der Waals surface area contributed by atoms with E-state index in [0.717, 1.165) is 12.8 Å². The number of halogens is 3. The Hall–Kier alpha value is -1.05. The fourth-order valence-corrected chi connectivity index (χ4v) is 4.56. The van der Waals surface area contributed by atoms with Crippen LogP contribution in [0.2, 0.25) is 15.1 Å². The lowest BCUT2D eigenvalue weighted by Crippen LogP contribution is -2.51. The molecule has 0 radical (unpaired) electrons. The zero-order valence-electron chi connectivity index (χ0n) is 16.6. The number of hydrogen-bond acceptors (Lipinski definition) is 4. The summed E-state index contributed by atoms with van der Waals surface area (Å²) in [7, 11) is 0. The van der Waals surface area contributed by atoms with Gasteiger partial charge in [0.05, 0.1) is 39.5 Å². The molecular weight excluding hydrogens is 437 g/mol. The van der Waals surface area contributed by atoms with Crippen LogP contribution in [0.4, 0.5) is 5.69 Å². The molecule has 1 N–H and O–H groups in total. The van der Waals surface area contributed by atoms with Gasteiger partial charge in [-0.05, 0) is 51.9 Å². The summed E-state index contributed by atoms with van der Waals surface area (Å²) in [5.41, 5.74) is 0.437. The average Bonchev–Trinajstić information content (AvgIpc) is 2.65. The molecule has 2 aliphatic rings. The van der Waals surface area contributed by atoms with E-state index >= 15 is 0 Å². The van der Waals surface area contributed by atoms with Gasteiger partial charge in [-0.15, -0.1) is 0 Å². The van der Waals surface area contributed by atoms with Crippen molar-refractivity contribution < 1.29 is 14.3 Å². The van der Waals surface area contributed by atoms with Gasteiger partial charge in [-0.3, -0.25) is 14.5 Å². The number of ether oxygens (including phenoxy) is 1. The van der Waals surface area contributed by atoms with E-state index in [1.165, 1.54) is 6.07 Å². The van der Waals surface area contributed by atoms with Crippen molar-refractivity contribution in [2.45, 2.75) is 38.9 Å². The van der Waals surface area contributed by atoms with E-state index < -0.39 is 0 Å². The van der Waals surface area contributed by atoms with Gasteiger partial charge in [0, 0.05) is 19.0 Å². The number of nitrogens with zero attached hydrogens (tertiary/aromatic N) is 2. The molecule has 2 heterocycles. The fraction of sp³-hybridized carbons (Fsp3) is 0.600. The SMILES string of the molecule is CC1CN(C(=O)C2CCN(CC(=O)Nc3cc(Cl)c(Cl)cc3Cl)CC2)CC(C)O1. The smallest absolute Gasteiger partial charge is 0.238 e. The highest BCUT2D eigenvalue weighted by Crippen LogP contribution is 2.32.